The predicted octanol–water partition coefficient (Wildman–Crippen LogP) is 2.97. The number of amides is 2. The number of carbonyl (C=O) groups excluding carboxylic acids is 2. The summed E-state index contributed by atoms with van der Waals surface area (Å²) in [5.74, 6) is -0.955. The van der Waals surface area contributed by atoms with Gasteiger partial charge < -0.3 is 15.4 Å². The highest BCUT2D eigenvalue weighted by Crippen LogP contribution is 2.28. The number of halogens is 1. The van der Waals surface area contributed by atoms with Crippen LogP contribution in [0.2, 0.25) is 0 Å². The Morgan fingerprint density at radius 2 is 2.10 bits per heavy atom. The predicted molar refractivity (Wildman–Crippen MR) is 115 cm³/mol. The molecule has 10 heteroatoms. The van der Waals surface area contributed by atoms with Gasteiger partial charge in [-0.3, -0.25) is 14.9 Å². The summed E-state index contributed by atoms with van der Waals surface area (Å²) in [5.41, 5.74) is 0.655. The molecule has 0 aliphatic carbocycles. The fourth-order valence-corrected chi connectivity index (χ4v) is 3.85. The van der Waals surface area contributed by atoms with Crippen LogP contribution >= 0.6 is 11.3 Å². The summed E-state index contributed by atoms with van der Waals surface area (Å²) in [6.45, 7) is 3.38. The number of aromatic nitrogens is 2. The number of anilines is 1. The second kappa shape index (κ2) is 8.86. The summed E-state index contributed by atoms with van der Waals surface area (Å²) in [7, 11) is 0. The van der Waals surface area contributed by atoms with Crippen LogP contribution in [0.25, 0.3) is 10.6 Å². The molecule has 1 aliphatic rings. The number of rotatable bonds is 6. The average Bonchev–Trinajstić information content (AvgIpc) is 3.41. The van der Waals surface area contributed by atoms with Crippen LogP contribution in [-0.4, -0.2) is 34.2 Å². The van der Waals surface area contributed by atoms with Crippen molar-refractivity contribution in [2.24, 2.45) is 5.92 Å². The molecule has 0 spiro atoms. The number of nitrogens with one attached hydrogen (secondary N) is 3. The summed E-state index contributed by atoms with van der Waals surface area (Å²) in [4.78, 5) is 25.7. The van der Waals surface area contributed by atoms with E-state index >= 15 is 0 Å². The van der Waals surface area contributed by atoms with E-state index in [4.69, 9.17) is 4.74 Å². The molecule has 2 aromatic heterocycles. The second-order valence-electron chi connectivity index (χ2n) is 7.26. The average molecular weight is 444 g/mol. The first-order valence-corrected chi connectivity index (χ1v) is 10.7. The summed E-state index contributed by atoms with van der Waals surface area (Å²) in [5, 5.41) is 15.4. The molecule has 8 nitrogen and oxygen atoms in total. The lowest BCUT2D eigenvalue weighted by Crippen LogP contribution is -2.57. The molecule has 3 atom stereocenters. The van der Waals surface area contributed by atoms with Gasteiger partial charge in [-0.2, -0.15) is 5.10 Å². The zero-order valence-electron chi connectivity index (χ0n) is 17.0. The molecule has 1 saturated heterocycles. The third-order valence-corrected chi connectivity index (χ3v) is 5.97. The van der Waals surface area contributed by atoms with E-state index in [9.17, 15) is 14.0 Å². The van der Waals surface area contributed by atoms with Crippen molar-refractivity contribution in [1.82, 2.24) is 20.4 Å². The van der Waals surface area contributed by atoms with E-state index in [-0.39, 0.29) is 30.2 Å². The van der Waals surface area contributed by atoms with E-state index < -0.39 is 18.0 Å². The first-order valence-electron chi connectivity index (χ1n) is 9.79. The topological polar surface area (TPSA) is 97.3 Å². The van der Waals surface area contributed by atoms with Gasteiger partial charge >= 0.3 is 0 Å². The smallest absolute Gasteiger partial charge is 0.263 e. The number of thiophene rings is 1. The fraction of sp³-hybridized carbons (Fsp3) is 0.286. The minimum Gasteiger partial charge on any atom is -0.481 e. The van der Waals surface area contributed by atoms with E-state index in [0.29, 0.717) is 11.5 Å². The summed E-state index contributed by atoms with van der Waals surface area (Å²) in [6, 6.07) is 11.3. The minimum absolute atomic E-state index is 0.00513. The van der Waals surface area contributed by atoms with Crippen LogP contribution in [0.5, 0.6) is 5.75 Å². The van der Waals surface area contributed by atoms with Crippen LogP contribution in [-0.2, 0) is 9.59 Å². The van der Waals surface area contributed by atoms with Gasteiger partial charge in [0.05, 0.1) is 10.8 Å². The van der Waals surface area contributed by atoms with Gasteiger partial charge in [-0.15, -0.1) is 11.3 Å². The Bertz CT molecular complexity index is 1080. The number of hydrogen-bond donors (Lipinski definition) is 3. The van der Waals surface area contributed by atoms with Crippen molar-refractivity contribution < 1.29 is 18.7 Å². The number of benzene rings is 1. The fourth-order valence-electron chi connectivity index (χ4n) is 3.17. The monoisotopic (exact) mass is 443 g/mol. The molecule has 2 amide bonds. The molecule has 3 heterocycles. The second-order valence-corrected chi connectivity index (χ2v) is 8.21. The highest BCUT2D eigenvalue weighted by molar-refractivity contribution is 7.13. The molecule has 0 saturated carbocycles. The van der Waals surface area contributed by atoms with Crippen molar-refractivity contribution in [2.75, 3.05) is 11.9 Å². The van der Waals surface area contributed by atoms with Crippen molar-refractivity contribution in [2.45, 2.75) is 26.2 Å². The minimum atomic E-state index is -0.629. The molecule has 4 rings (SSSR count). The SMILES string of the molecule is CC1NC(n2nc(-c3cccs3)cc2NC(=O)COc2ccccc2F)NC(=O)C1C. The van der Waals surface area contributed by atoms with Crippen LogP contribution in [0.4, 0.5) is 10.2 Å². The lowest BCUT2D eigenvalue weighted by atomic mass is 10.0. The quantitative estimate of drug-likeness (QED) is 0.544. The number of para-hydroxylation sites is 1. The van der Waals surface area contributed by atoms with E-state index in [0.717, 1.165) is 4.88 Å². The van der Waals surface area contributed by atoms with Crippen LogP contribution < -0.4 is 20.7 Å². The van der Waals surface area contributed by atoms with Crippen LogP contribution in [0, 0.1) is 11.7 Å². The van der Waals surface area contributed by atoms with E-state index in [1.54, 1.807) is 18.2 Å². The maximum atomic E-state index is 13.7. The molecule has 3 unspecified atom stereocenters. The Hall–Kier alpha value is -3.24. The number of ether oxygens (including phenoxy) is 1. The van der Waals surface area contributed by atoms with Gasteiger partial charge in [0.2, 0.25) is 5.91 Å². The third-order valence-electron chi connectivity index (χ3n) is 5.08. The lowest BCUT2D eigenvalue weighted by Gasteiger charge is -2.34. The maximum Gasteiger partial charge on any atom is 0.263 e. The van der Waals surface area contributed by atoms with Crippen LogP contribution in [0.1, 0.15) is 20.1 Å². The number of nitrogens with zero attached hydrogens (tertiary/aromatic N) is 2. The third kappa shape index (κ3) is 4.59. The van der Waals surface area contributed by atoms with Crippen molar-refractivity contribution in [3.8, 4) is 16.3 Å². The molecule has 1 aromatic carbocycles. The van der Waals surface area contributed by atoms with E-state index in [1.807, 2.05) is 31.4 Å². The highest BCUT2D eigenvalue weighted by Gasteiger charge is 2.32. The largest absolute Gasteiger partial charge is 0.481 e. The molecule has 31 heavy (non-hydrogen) atoms. The van der Waals surface area contributed by atoms with Gasteiger partial charge in [0.1, 0.15) is 11.5 Å². The van der Waals surface area contributed by atoms with Crippen LogP contribution in [0.3, 0.4) is 0 Å². The van der Waals surface area contributed by atoms with Gasteiger partial charge in [-0.05, 0) is 30.5 Å². The van der Waals surface area contributed by atoms with Gasteiger partial charge in [-0.1, -0.05) is 25.1 Å². The lowest BCUT2D eigenvalue weighted by molar-refractivity contribution is -0.130. The molecule has 0 radical (unpaired) electrons. The summed E-state index contributed by atoms with van der Waals surface area (Å²) < 4.78 is 20.5. The van der Waals surface area contributed by atoms with Gasteiger partial charge in [-0.25, -0.2) is 9.07 Å². The van der Waals surface area contributed by atoms with Crippen molar-refractivity contribution in [3.05, 3.63) is 53.7 Å². The molecule has 3 N–H and O–H groups in total. The normalized spacial score (nSPS) is 20.9. The zero-order valence-corrected chi connectivity index (χ0v) is 17.8. The summed E-state index contributed by atoms with van der Waals surface area (Å²) in [6.07, 6.45) is -0.629. The molecule has 0 bridgehead atoms. The molecule has 1 fully saturated rings. The molecular formula is C21H22FN5O3S. The Morgan fingerprint density at radius 3 is 2.81 bits per heavy atom. The van der Waals surface area contributed by atoms with Gasteiger partial charge in [0, 0.05) is 12.1 Å². The first-order chi connectivity index (χ1) is 14.9. The van der Waals surface area contributed by atoms with Crippen molar-refractivity contribution in [3.63, 3.8) is 0 Å². The summed E-state index contributed by atoms with van der Waals surface area (Å²) >= 11 is 1.51. The van der Waals surface area contributed by atoms with Crippen molar-refractivity contribution >= 4 is 29.0 Å². The van der Waals surface area contributed by atoms with E-state index in [2.05, 4.69) is 21.0 Å². The number of carbonyl (C=O) groups is 2. The Labute approximate surface area is 182 Å². The highest BCUT2D eigenvalue weighted by atomic mass is 32.1. The standard InChI is InChI=1S/C21H22FN5O3S/c1-12-13(2)23-21(25-20(12)29)27-18(10-15(26-27)17-8-5-9-31-17)24-19(28)11-30-16-7-4-3-6-14(16)22/h3-10,12-13,21,23H,11H2,1-2H3,(H,24,28)(H,25,29). The zero-order chi connectivity index (χ0) is 22.0. The first kappa shape index (κ1) is 21.0. The Balaban J connectivity index is 1.55. The van der Waals surface area contributed by atoms with Gasteiger partial charge in [0.15, 0.2) is 24.5 Å². The Morgan fingerprint density at radius 1 is 1.29 bits per heavy atom. The Kier molecular flexibility index (Phi) is 6.01. The molecule has 3 aromatic rings. The van der Waals surface area contributed by atoms with Gasteiger partial charge in [0.25, 0.3) is 5.91 Å². The number of hydrogen-bond acceptors (Lipinski definition) is 6. The van der Waals surface area contributed by atoms with E-state index in [1.165, 1.54) is 28.2 Å². The van der Waals surface area contributed by atoms with Crippen molar-refractivity contribution in [1.29, 1.82) is 0 Å². The maximum absolute atomic E-state index is 13.7. The molecule has 162 valence electrons. The molecular weight excluding hydrogens is 421 g/mol. The van der Waals surface area contributed by atoms with Crippen LogP contribution in [0.15, 0.2) is 47.8 Å². The molecule has 1 aliphatic heterocycles.